The van der Waals surface area contributed by atoms with Gasteiger partial charge in [-0.1, -0.05) is 26.0 Å². The van der Waals surface area contributed by atoms with Crippen molar-refractivity contribution >= 4 is 17.6 Å². The highest BCUT2D eigenvalue weighted by Crippen LogP contribution is 2.28. The Morgan fingerprint density at radius 1 is 1.40 bits per heavy atom. The first kappa shape index (κ1) is 14.4. The molecule has 1 aliphatic rings. The van der Waals surface area contributed by atoms with E-state index >= 15 is 0 Å². The molecule has 0 spiro atoms. The highest BCUT2D eigenvalue weighted by atomic mass is 16.4. The second-order valence-corrected chi connectivity index (χ2v) is 5.37. The Balaban J connectivity index is 2.19. The van der Waals surface area contributed by atoms with Gasteiger partial charge in [0.05, 0.1) is 5.56 Å². The quantitative estimate of drug-likeness (QED) is 0.866. The number of carboxylic acid groups (broad SMARTS) is 1. The maximum absolute atomic E-state index is 12.5. The van der Waals surface area contributed by atoms with E-state index in [1.165, 1.54) is 0 Å². The van der Waals surface area contributed by atoms with Crippen molar-refractivity contribution in [1.29, 1.82) is 0 Å². The van der Waals surface area contributed by atoms with Crippen LogP contribution in [0.5, 0.6) is 0 Å². The zero-order valence-electron chi connectivity index (χ0n) is 11.8. The van der Waals surface area contributed by atoms with Gasteiger partial charge >= 0.3 is 5.97 Å². The van der Waals surface area contributed by atoms with Gasteiger partial charge in [-0.2, -0.15) is 0 Å². The summed E-state index contributed by atoms with van der Waals surface area (Å²) in [7, 11) is 0. The number of carbonyl (C=O) groups excluding carboxylic acids is 1. The Hall–Kier alpha value is -2.04. The van der Waals surface area contributed by atoms with Crippen LogP contribution in [0.25, 0.3) is 0 Å². The van der Waals surface area contributed by atoms with Gasteiger partial charge in [0, 0.05) is 18.7 Å². The number of rotatable bonds is 5. The number of fused-ring (bicyclic) bond motifs is 1. The summed E-state index contributed by atoms with van der Waals surface area (Å²) in [6.45, 7) is 4.54. The Kier molecular flexibility index (Phi) is 4.27. The molecule has 5 heteroatoms. The molecule has 5 nitrogen and oxygen atoms in total. The molecule has 1 aliphatic heterocycles. The first-order valence-corrected chi connectivity index (χ1v) is 6.89. The molecule has 1 aromatic rings. The molecule has 1 aromatic carbocycles. The van der Waals surface area contributed by atoms with E-state index in [0.717, 1.165) is 5.69 Å². The number of amides is 1. The monoisotopic (exact) mass is 276 g/mol. The fraction of sp³-hybridized carbons (Fsp3) is 0.467. The average molecular weight is 276 g/mol. The number of hydrogen-bond donors (Lipinski definition) is 2. The maximum atomic E-state index is 12.5. The molecule has 0 saturated carbocycles. The van der Waals surface area contributed by atoms with Crippen LogP contribution in [-0.4, -0.2) is 34.6 Å². The molecule has 108 valence electrons. The van der Waals surface area contributed by atoms with Gasteiger partial charge in [-0.25, -0.2) is 0 Å². The second-order valence-electron chi connectivity index (χ2n) is 5.37. The zero-order chi connectivity index (χ0) is 14.7. The molecule has 1 amide bonds. The van der Waals surface area contributed by atoms with E-state index in [0.29, 0.717) is 18.5 Å². The fourth-order valence-corrected chi connectivity index (χ4v) is 2.48. The summed E-state index contributed by atoms with van der Waals surface area (Å²) in [5.74, 6) is -0.607. The van der Waals surface area contributed by atoms with Crippen molar-refractivity contribution < 1.29 is 14.7 Å². The Bertz CT molecular complexity index is 514. The lowest BCUT2D eigenvalue weighted by molar-refractivity contribution is -0.137. The van der Waals surface area contributed by atoms with Crippen molar-refractivity contribution in [3.05, 3.63) is 29.8 Å². The number of para-hydroxylation sites is 1. The van der Waals surface area contributed by atoms with Crippen LogP contribution in [0.15, 0.2) is 24.3 Å². The van der Waals surface area contributed by atoms with Crippen LogP contribution >= 0.6 is 0 Å². The molecular weight excluding hydrogens is 256 g/mol. The third-order valence-corrected chi connectivity index (χ3v) is 3.48. The molecule has 1 atom stereocenters. The number of nitrogens with one attached hydrogen (secondary N) is 1. The number of carbonyl (C=O) groups is 2. The average Bonchev–Trinajstić information content (AvgIpc) is 2.40. The van der Waals surface area contributed by atoms with E-state index in [1.807, 2.05) is 32.0 Å². The van der Waals surface area contributed by atoms with Crippen molar-refractivity contribution in [2.45, 2.75) is 32.9 Å². The standard InChI is InChI=1S/C15H20N2O3/c1-10(2)14-16-12-7-4-3-6-11(12)15(20)17(14)9-5-8-13(18)19/h3-4,6-7,10,14,16H,5,8-9H2,1-2H3,(H,18,19). The van der Waals surface area contributed by atoms with Gasteiger partial charge in [0.15, 0.2) is 0 Å². The smallest absolute Gasteiger partial charge is 0.303 e. The van der Waals surface area contributed by atoms with Crippen LogP contribution in [0.3, 0.4) is 0 Å². The van der Waals surface area contributed by atoms with Crippen molar-refractivity contribution in [3.8, 4) is 0 Å². The van der Waals surface area contributed by atoms with Gasteiger partial charge in [-0.15, -0.1) is 0 Å². The van der Waals surface area contributed by atoms with E-state index in [1.54, 1.807) is 11.0 Å². The number of benzene rings is 1. The summed E-state index contributed by atoms with van der Waals surface area (Å²) in [6, 6.07) is 7.43. The molecule has 20 heavy (non-hydrogen) atoms. The Labute approximate surface area is 118 Å². The van der Waals surface area contributed by atoms with E-state index < -0.39 is 5.97 Å². The van der Waals surface area contributed by atoms with Gasteiger partial charge in [0.1, 0.15) is 6.17 Å². The van der Waals surface area contributed by atoms with Crippen LogP contribution in [0.4, 0.5) is 5.69 Å². The highest BCUT2D eigenvalue weighted by molar-refractivity contribution is 6.01. The summed E-state index contributed by atoms with van der Waals surface area (Å²) in [6.07, 6.45) is 0.455. The summed E-state index contributed by atoms with van der Waals surface area (Å²) < 4.78 is 0. The minimum Gasteiger partial charge on any atom is -0.481 e. The minimum absolute atomic E-state index is 0.0246. The third-order valence-electron chi connectivity index (χ3n) is 3.48. The number of hydrogen-bond acceptors (Lipinski definition) is 3. The molecular formula is C15H20N2O3. The van der Waals surface area contributed by atoms with Crippen LogP contribution in [0, 0.1) is 5.92 Å². The third kappa shape index (κ3) is 2.92. The summed E-state index contributed by atoms with van der Waals surface area (Å²) in [4.78, 5) is 24.9. The van der Waals surface area contributed by atoms with E-state index in [-0.39, 0.29) is 24.4 Å². The topological polar surface area (TPSA) is 69.6 Å². The van der Waals surface area contributed by atoms with Crippen molar-refractivity contribution in [2.75, 3.05) is 11.9 Å². The zero-order valence-corrected chi connectivity index (χ0v) is 11.8. The van der Waals surface area contributed by atoms with Crippen molar-refractivity contribution in [3.63, 3.8) is 0 Å². The van der Waals surface area contributed by atoms with Crippen LogP contribution < -0.4 is 5.32 Å². The lowest BCUT2D eigenvalue weighted by Gasteiger charge is -2.40. The molecule has 1 unspecified atom stereocenters. The lowest BCUT2D eigenvalue weighted by Crippen LogP contribution is -2.51. The van der Waals surface area contributed by atoms with Gasteiger partial charge in [0.25, 0.3) is 5.91 Å². The van der Waals surface area contributed by atoms with Gasteiger partial charge < -0.3 is 15.3 Å². The van der Waals surface area contributed by atoms with E-state index in [4.69, 9.17) is 5.11 Å². The molecule has 1 heterocycles. The Morgan fingerprint density at radius 3 is 2.75 bits per heavy atom. The molecule has 2 rings (SSSR count). The summed E-state index contributed by atoms with van der Waals surface area (Å²) >= 11 is 0. The number of aliphatic carboxylic acids is 1. The van der Waals surface area contributed by atoms with Gasteiger partial charge in [0.2, 0.25) is 0 Å². The predicted octanol–water partition coefficient (Wildman–Crippen LogP) is 2.40. The maximum Gasteiger partial charge on any atom is 0.303 e. The Morgan fingerprint density at radius 2 is 2.10 bits per heavy atom. The largest absolute Gasteiger partial charge is 0.481 e. The lowest BCUT2D eigenvalue weighted by atomic mass is 10.0. The minimum atomic E-state index is -0.830. The summed E-state index contributed by atoms with van der Waals surface area (Å²) in [5.41, 5.74) is 1.51. The fourth-order valence-electron chi connectivity index (χ4n) is 2.48. The normalized spacial score (nSPS) is 17.9. The van der Waals surface area contributed by atoms with Crippen LogP contribution in [0.2, 0.25) is 0 Å². The first-order valence-electron chi connectivity index (χ1n) is 6.89. The second kappa shape index (κ2) is 5.94. The van der Waals surface area contributed by atoms with Crippen molar-refractivity contribution in [1.82, 2.24) is 4.90 Å². The van der Waals surface area contributed by atoms with Gasteiger partial charge in [-0.3, -0.25) is 9.59 Å². The first-order chi connectivity index (χ1) is 9.50. The number of anilines is 1. The molecule has 2 N–H and O–H groups in total. The molecule has 0 aromatic heterocycles. The SMILES string of the molecule is CC(C)C1Nc2ccccc2C(=O)N1CCCC(=O)O. The highest BCUT2D eigenvalue weighted by Gasteiger charge is 2.32. The van der Waals surface area contributed by atoms with E-state index in [2.05, 4.69) is 5.32 Å². The summed E-state index contributed by atoms with van der Waals surface area (Å²) in [5, 5.41) is 12.1. The predicted molar refractivity (Wildman–Crippen MR) is 76.6 cm³/mol. The number of nitrogens with zero attached hydrogens (tertiary/aromatic N) is 1. The molecule has 0 bridgehead atoms. The van der Waals surface area contributed by atoms with E-state index in [9.17, 15) is 9.59 Å². The van der Waals surface area contributed by atoms with Crippen LogP contribution in [0.1, 0.15) is 37.0 Å². The number of carboxylic acids is 1. The molecule has 0 aliphatic carbocycles. The van der Waals surface area contributed by atoms with Crippen molar-refractivity contribution in [2.24, 2.45) is 5.92 Å². The molecule has 0 radical (unpaired) electrons. The van der Waals surface area contributed by atoms with Gasteiger partial charge in [-0.05, 0) is 24.5 Å². The molecule has 0 saturated heterocycles. The van der Waals surface area contributed by atoms with Crippen LogP contribution in [-0.2, 0) is 4.79 Å². The molecule has 0 fully saturated rings.